The number of carbonyl (C=O) groups is 4. The number of aryl methyl sites for hydroxylation is 2. The monoisotopic (exact) mass is 604 g/mol. The lowest BCUT2D eigenvalue weighted by atomic mass is 9.97. The Morgan fingerprint density at radius 3 is 2.05 bits per heavy atom. The molecule has 5 rings (SSSR count). The van der Waals surface area contributed by atoms with Crippen molar-refractivity contribution in [3.8, 4) is 0 Å². The molecule has 0 aliphatic heterocycles. The first-order valence-electron chi connectivity index (χ1n) is 14.4. The lowest BCUT2D eigenvalue weighted by Gasteiger charge is -2.08. The van der Waals surface area contributed by atoms with E-state index in [1.807, 2.05) is 79.7 Å². The second-order valence-electron chi connectivity index (χ2n) is 10.5. The van der Waals surface area contributed by atoms with Crippen LogP contribution in [0.2, 0.25) is 0 Å². The fourth-order valence-electron chi connectivity index (χ4n) is 5.34. The third-order valence-electron chi connectivity index (χ3n) is 7.50. The molecule has 0 spiro atoms. The molecular weight excluding hydrogens is 572 g/mol. The van der Waals surface area contributed by atoms with Crippen molar-refractivity contribution in [1.82, 2.24) is 4.57 Å². The smallest absolute Gasteiger partial charge is 0.331 e. The van der Waals surface area contributed by atoms with Crippen LogP contribution in [-0.4, -0.2) is 39.4 Å². The van der Waals surface area contributed by atoms with Gasteiger partial charge in [-0.3, -0.25) is 14.4 Å². The molecule has 1 aromatic heterocycles. The number of benzene rings is 4. The van der Waals surface area contributed by atoms with E-state index in [0.29, 0.717) is 34.6 Å². The average Bonchev–Trinajstić information content (AvgIpc) is 3.34. The number of aromatic nitrogens is 1. The van der Waals surface area contributed by atoms with Crippen molar-refractivity contribution in [2.24, 2.45) is 5.16 Å². The fraction of sp³-hybridized carbons (Fsp3) is 0.194. The standard InChI is InChI=1S/C36H32N2O5S/c1-5-38-32-16-14-25(35(41)27-11-7-6-10-22(27)2)20-29(32)30-21-26(15-17-33(30)38)36(42)31(37-43-24(4)40)18-19-44-34-13-9-8-12-28(34)23(3)39/h6-17,20-21H,5,18-19H2,1-4H3/b37-31+. The van der Waals surface area contributed by atoms with Crippen molar-refractivity contribution in [2.45, 2.75) is 45.6 Å². The van der Waals surface area contributed by atoms with Gasteiger partial charge in [-0.2, -0.15) is 0 Å². The number of hydrogen-bond donors (Lipinski definition) is 0. The van der Waals surface area contributed by atoms with Crippen molar-refractivity contribution in [3.05, 3.63) is 113 Å². The van der Waals surface area contributed by atoms with Gasteiger partial charge in [-0.25, -0.2) is 4.79 Å². The predicted octanol–water partition coefficient (Wildman–Crippen LogP) is 7.84. The van der Waals surface area contributed by atoms with Crippen LogP contribution in [0.3, 0.4) is 0 Å². The third kappa shape index (κ3) is 6.26. The minimum Gasteiger partial charge on any atom is -0.341 e. The zero-order valence-corrected chi connectivity index (χ0v) is 25.9. The quantitative estimate of drug-likeness (QED) is 0.0501. The summed E-state index contributed by atoms with van der Waals surface area (Å²) in [5.41, 5.74) is 5.13. The maximum atomic E-state index is 13.8. The average molecular weight is 605 g/mol. The number of thioether (sulfide) groups is 1. The molecule has 0 atom stereocenters. The highest BCUT2D eigenvalue weighted by Gasteiger charge is 2.20. The second kappa shape index (κ2) is 13.2. The summed E-state index contributed by atoms with van der Waals surface area (Å²) in [5, 5.41) is 5.62. The number of carbonyl (C=O) groups excluding carboxylic acids is 4. The summed E-state index contributed by atoms with van der Waals surface area (Å²) in [6.45, 7) is 7.42. The van der Waals surface area contributed by atoms with E-state index in [1.165, 1.54) is 25.6 Å². The number of ketones is 3. The molecule has 4 aromatic carbocycles. The summed E-state index contributed by atoms with van der Waals surface area (Å²) < 4.78 is 2.15. The summed E-state index contributed by atoms with van der Waals surface area (Å²) in [6, 6.07) is 26.0. The number of oxime groups is 1. The molecule has 0 bridgehead atoms. The number of Topliss-reactive ketones (excluding diaryl/α,β-unsaturated/α-hetero) is 2. The van der Waals surface area contributed by atoms with Gasteiger partial charge in [-0.05, 0) is 68.8 Å². The van der Waals surface area contributed by atoms with Crippen LogP contribution in [0.15, 0.2) is 95.0 Å². The summed E-state index contributed by atoms with van der Waals surface area (Å²) in [4.78, 5) is 56.5. The van der Waals surface area contributed by atoms with E-state index in [-0.39, 0.29) is 29.5 Å². The summed E-state index contributed by atoms with van der Waals surface area (Å²) >= 11 is 1.44. The molecule has 0 saturated carbocycles. The van der Waals surface area contributed by atoms with Crippen LogP contribution in [0.5, 0.6) is 0 Å². The van der Waals surface area contributed by atoms with E-state index >= 15 is 0 Å². The normalized spacial score (nSPS) is 11.6. The number of rotatable bonds is 11. The molecule has 222 valence electrons. The molecule has 8 heteroatoms. The summed E-state index contributed by atoms with van der Waals surface area (Å²) in [6.07, 6.45) is 0.215. The molecule has 0 unspecified atom stereocenters. The molecule has 0 saturated heterocycles. The highest BCUT2D eigenvalue weighted by Crippen LogP contribution is 2.32. The Balaban J connectivity index is 1.50. The van der Waals surface area contributed by atoms with Gasteiger partial charge in [-0.15, -0.1) is 11.8 Å². The third-order valence-corrected chi connectivity index (χ3v) is 8.58. The largest absolute Gasteiger partial charge is 0.341 e. The van der Waals surface area contributed by atoms with Crippen molar-refractivity contribution in [1.29, 1.82) is 0 Å². The van der Waals surface area contributed by atoms with Crippen LogP contribution < -0.4 is 0 Å². The van der Waals surface area contributed by atoms with Gasteiger partial charge in [-0.1, -0.05) is 47.6 Å². The first-order valence-corrected chi connectivity index (χ1v) is 15.4. The van der Waals surface area contributed by atoms with Gasteiger partial charge >= 0.3 is 5.97 Å². The molecule has 5 aromatic rings. The minimum absolute atomic E-state index is 0.0405. The second-order valence-corrected chi connectivity index (χ2v) is 11.6. The van der Waals surface area contributed by atoms with E-state index in [0.717, 1.165) is 32.3 Å². The highest BCUT2D eigenvalue weighted by molar-refractivity contribution is 7.99. The molecule has 0 fully saturated rings. The molecule has 0 N–H and O–H groups in total. The Hall–Kier alpha value is -4.82. The molecule has 1 heterocycles. The molecule has 0 radical (unpaired) electrons. The maximum Gasteiger partial charge on any atom is 0.331 e. The van der Waals surface area contributed by atoms with Crippen LogP contribution in [-0.2, 0) is 16.2 Å². The summed E-state index contributed by atoms with van der Waals surface area (Å²) in [7, 11) is 0. The zero-order chi connectivity index (χ0) is 31.4. The number of fused-ring (bicyclic) bond motifs is 3. The zero-order valence-electron chi connectivity index (χ0n) is 25.0. The molecule has 7 nitrogen and oxygen atoms in total. The van der Waals surface area contributed by atoms with Crippen LogP contribution >= 0.6 is 11.8 Å². The fourth-order valence-corrected chi connectivity index (χ4v) is 6.40. The van der Waals surface area contributed by atoms with Gasteiger partial charge < -0.3 is 9.40 Å². The van der Waals surface area contributed by atoms with E-state index in [9.17, 15) is 19.2 Å². The van der Waals surface area contributed by atoms with Gasteiger partial charge in [0.15, 0.2) is 11.6 Å². The minimum atomic E-state index is -0.628. The van der Waals surface area contributed by atoms with Gasteiger partial charge in [0, 0.05) is 74.6 Å². The van der Waals surface area contributed by atoms with Gasteiger partial charge in [0.05, 0.1) is 0 Å². The highest BCUT2D eigenvalue weighted by atomic mass is 32.2. The number of nitrogens with zero attached hydrogens (tertiary/aromatic N) is 2. The predicted molar refractivity (Wildman–Crippen MR) is 175 cm³/mol. The molecule has 44 heavy (non-hydrogen) atoms. The van der Waals surface area contributed by atoms with E-state index in [2.05, 4.69) is 16.6 Å². The molecule has 0 amide bonds. The van der Waals surface area contributed by atoms with Crippen molar-refractivity contribution in [2.75, 3.05) is 5.75 Å². The van der Waals surface area contributed by atoms with Gasteiger partial charge in [0.25, 0.3) is 0 Å². The Bertz CT molecular complexity index is 1970. The molecule has 0 aliphatic rings. The van der Waals surface area contributed by atoms with Gasteiger partial charge in [0.1, 0.15) is 5.71 Å². The molecule has 0 aliphatic carbocycles. The summed E-state index contributed by atoms with van der Waals surface area (Å²) in [5.74, 6) is -0.649. The van der Waals surface area contributed by atoms with Crippen LogP contribution in [0.25, 0.3) is 21.8 Å². The molecular formula is C36H32N2O5S. The van der Waals surface area contributed by atoms with Crippen LogP contribution in [0.4, 0.5) is 0 Å². The first-order chi connectivity index (χ1) is 21.2. The van der Waals surface area contributed by atoms with Gasteiger partial charge in [0.2, 0.25) is 5.78 Å². The van der Waals surface area contributed by atoms with Crippen molar-refractivity contribution >= 4 is 62.6 Å². The van der Waals surface area contributed by atoms with Crippen LogP contribution in [0.1, 0.15) is 69.4 Å². The van der Waals surface area contributed by atoms with Crippen LogP contribution in [0, 0.1) is 6.92 Å². The maximum absolute atomic E-state index is 13.8. The first kappa shape index (κ1) is 30.6. The Kier molecular flexibility index (Phi) is 9.20. The topological polar surface area (TPSA) is 94.8 Å². The Labute approximate surface area is 259 Å². The van der Waals surface area contributed by atoms with Crippen molar-refractivity contribution < 1.29 is 24.0 Å². The lowest BCUT2D eigenvalue weighted by Crippen LogP contribution is -2.17. The Morgan fingerprint density at radius 2 is 1.41 bits per heavy atom. The van der Waals surface area contributed by atoms with E-state index in [4.69, 9.17) is 4.84 Å². The Morgan fingerprint density at radius 1 is 0.795 bits per heavy atom. The van der Waals surface area contributed by atoms with E-state index in [1.54, 1.807) is 12.1 Å². The SMILES string of the molecule is CCn1c2ccc(C(=O)/C(CCSc3ccccc3C(C)=O)=N/OC(C)=O)cc2c2cc(C(=O)c3ccccc3C)ccc21. The van der Waals surface area contributed by atoms with Crippen molar-refractivity contribution in [3.63, 3.8) is 0 Å². The lowest BCUT2D eigenvalue weighted by molar-refractivity contribution is -0.140. The number of hydrogen-bond acceptors (Lipinski definition) is 7. The van der Waals surface area contributed by atoms with E-state index < -0.39 is 5.97 Å².